The number of hydrogen-bond donors (Lipinski definition) is 1. The fraction of sp³-hybridized carbons (Fsp3) is 0.238. The highest BCUT2D eigenvalue weighted by molar-refractivity contribution is 7.18. The number of nitrogens with zero attached hydrogens (tertiary/aromatic N) is 1. The number of aromatic nitrogens is 2. The summed E-state index contributed by atoms with van der Waals surface area (Å²) in [5.74, 6) is 2.22. The van der Waals surface area contributed by atoms with Gasteiger partial charge in [-0.05, 0) is 61.6 Å². The molecule has 28 heavy (non-hydrogen) atoms. The second-order valence-electron chi connectivity index (χ2n) is 6.82. The normalized spacial score (nSPS) is 13.6. The average Bonchev–Trinajstić information content (AvgIpc) is 3.32. The molecule has 0 unspecified atom stereocenters. The van der Waals surface area contributed by atoms with E-state index in [4.69, 9.17) is 20.8 Å². The Bertz CT molecular complexity index is 1250. The van der Waals surface area contributed by atoms with E-state index in [1.54, 1.807) is 30.6 Å². The molecule has 0 saturated heterocycles. The quantitative estimate of drug-likeness (QED) is 0.485. The maximum atomic E-state index is 12.7. The van der Waals surface area contributed by atoms with Crippen LogP contribution in [0.15, 0.2) is 39.5 Å². The molecule has 1 N–H and O–H groups in total. The van der Waals surface area contributed by atoms with E-state index in [9.17, 15) is 4.79 Å². The van der Waals surface area contributed by atoms with Gasteiger partial charge in [-0.25, -0.2) is 4.98 Å². The Morgan fingerprint density at radius 2 is 2.00 bits per heavy atom. The first-order chi connectivity index (χ1) is 13.6. The van der Waals surface area contributed by atoms with Gasteiger partial charge in [0.05, 0.1) is 17.5 Å². The van der Waals surface area contributed by atoms with Gasteiger partial charge in [-0.15, -0.1) is 11.3 Å². The molecule has 0 spiro atoms. The number of aromatic amines is 1. The zero-order valence-electron chi connectivity index (χ0n) is 15.2. The third-order valence-electron chi connectivity index (χ3n) is 5.10. The van der Waals surface area contributed by atoms with Gasteiger partial charge in [0.1, 0.15) is 16.3 Å². The van der Waals surface area contributed by atoms with Gasteiger partial charge in [0.15, 0.2) is 11.6 Å². The topological polar surface area (TPSA) is 68.1 Å². The van der Waals surface area contributed by atoms with Crippen molar-refractivity contribution >= 4 is 33.2 Å². The molecule has 3 heterocycles. The predicted octanol–water partition coefficient (Wildman–Crippen LogP) is 5.45. The first-order valence-electron chi connectivity index (χ1n) is 9.13. The number of fused-ring (bicyclic) bond motifs is 3. The van der Waals surface area contributed by atoms with E-state index in [2.05, 4.69) is 9.97 Å². The summed E-state index contributed by atoms with van der Waals surface area (Å²) in [5, 5.41) is 1.26. The van der Waals surface area contributed by atoms with Crippen molar-refractivity contribution in [2.45, 2.75) is 25.7 Å². The smallest absolute Gasteiger partial charge is 0.260 e. The van der Waals surface area contributed by atoms with Crippen LogP contribution in [-0.2, 0) is 12.8 Å². The highest BCUT2D eigenvalue weighted by Crippen LogP contribution is 2.35. The Morgan fingerprint density at radius 3 is 2.82 bits per heavy atom. The molecule has 0 aliphatic heterocycles. The molecule has 1 aliphatic carbocycles. The van der Waals surface area contributed by atoms with Crippen LogP contribution >= 0.6 is 22.9 Å². The lowest BCUT2D eigenvalue weighted by molar-refractivity contribution is 0.415. The summed E-state index contributed by atoms with van der Waals surface area (Å²) in [6.45, 7) is 0. The van der Waals surface area contributed by atoms with Gasteiger partial charge < -0.3 is 14.1 Å². The van der Waals surface area contributed by atoms with E-state index in [0.29, 0.717) is 28.1 Å². The van der Waals surface area contributed by atoms with E-state index in [-0.39, 0.29) is 5.56 Å². The van der Waals surface area contributed by atoms with Crippen LogP contribution in [0.4, 0.5) is 0 Å². The number of methoxy groups -OCH3 is 1. The minimum Gasteiger partial charge on any atom is -0.495 e. The molecule has 0 fully saturated rings. The van der Waals surface area contributed by atoms with E-state index >= 15 is 0 Å². The van der Waals surface area contributed by atoms with Gasteiger partial charge >= 0.3 is 0 Å². The summed E-state index contributed by atoms with van der Waals surface area (Å²) >= 11 is 7.84. The van der Waals surface area contributed by atoms with Crippen molar-refractivity contribution in [3.05, 3.63) is 56.1 Å². The van der Waals surface area contributed by atoms with Crippen molar-refractivity contribution in [3.8, 4) is 28.7 Å². The highest BCUT2D eigenvalue weighted by atomic mass is 35.5. The number of furan rings is 1. The summed E-state index contributed by atoms with van der Waals surface area (Å²) in [6, 6.07) is 9.11. The minimum atomic E-state index is -0.0927. The Balaban J connectivity index is 1.56. The number of thiophene rings is 1. The van der Waals surface area contributed by atoms with Crippen molar-refractivity contribution in [2.75, 3.05) is 7.11 Å². The van der Waals surface area contributed by atoms with Gasteiger partial charge in [0.25, 0.3) is 5.56 Å². The van der Waals surface area contributed by atoms with E-state index in [1.807, 2.05) is 18.2 Å². The number of hydrogen-bond acceptors (Lipinski definition) is 5. The third kappa shape index (κ3) is 2.84. The first-order valence-corrected chi connectivity index (χ1v) is 10.3. The van der Waals surface area contributed by atoms with Gasteiger partial charge in [-0.3, -0.25) is 4.79 Å². The van der Waals surface area contributed by atoms with Crippen LogP contribution in [0.1, 0.15) is 23.3 Å². The van der Waals surface area contributed by atoms with Crippen LogP contribution in [0.3, 0.4) is 0 Å². The fourth-order valence-electron chi connectivity index (χ4n) is 3.72. The number of aryl methyl sites for hydroxylation is 2. The van der Waals surface area contributed by atoms with Crippen molar-refractivity contribution in [1.29, 1.82) is 0 Å². The van der Waals surface area contributed by atoms with Gasteiger partial charge in [-0.1, -0.05) is 11.6 Å². The lowest BCUT2D eigenvalue weighted by Gasteiger charge is -2.09. The van der Waals surface area contributed by atoms with Gasteiger partial charge in [-0.2, -0.15) is 0 Å². The largest absolute Gasteiger partial charge is 0.495 e. The second-order valence-corrected chi connectivity index (χ2v) is 8.31. The van der Waals surface area contributed by atoms with Crippen LogP contribution in [0.5, 0.6) is 5.75 Å². The summed E-state index contributed by atoms with van der Waals surface area (Å²) in [4.78, 5) is 22.4. The zero-order valence-corrected chi connectivity index (χ0v) is 16.7. The summed E-state index contributed by atoms with van der Waals surface area (Å²) in [6.07, 6.45) is 4.30. The molecule has 3 aromatic heterocycles. The molecule has 0 amide bonds. The van der Waals surface area contributed by atoms with Crippen LogP contribution < -0.4 is 10.3 Å². The SMILES string of the molecule is COc1ccc(-c2ccc(-c3nc4sc5c(c4c(=O)[nH]3)CCCC5)o2)cc1Cl. The van der Waals surface area contributed by atoms with Gasteiger partial charge in [0, 0.05) is 10.4 Å². The molecule has 1 aliphatic rings. The molecule has 7 heteroatoms. The van der Waals surface area contributed by atoms with Crippen LogP contribution in [0.2, 0.25) is 5.02 Å². The molecule has 0 saturated carbocycles. The predicted molar refractivity (Wildman–Crippen MR) is 112 cm³/mol. The van der Waals surface area contributed by atoms with E-state index < -0.39 is 0 Å². The molecule has 0 radical (unpaired) electrons. The molecule has 4 aromatic rings. The molecular formula is C21H17ClN2O3S. The molecule has 5 rings (SSSR count). The van der Waals surface area contributed by atoms with Crippen molar-refractivity contribution in [2.24, 2.45) is 0 Å². The van der Waals surface area contributed by atoms with E-state index in [1.165, 1.54) is 16.9 Å². The van der Waals surface area contributed by atoms with Crippen molar-refractivity contribution < 1.29 is 9.15 Å². The molecule has 0 bridgehead atoms. The molecule has 1 aromatic carbocycles. The molecule has 0 atom stereocenters. The molecule has 142 valence electrons. The first kappa shape index (κ1) is 17.5. The van der Waals surface area contributed by atoms with Crippen LogP contribution in [0.25, 0.3) is 33.1 Å². The summed E-state index contributed by atoms with van der Waals surface area (Å²) in [7, 11) is 1.58. The third-order valence-corrected chi connectivity index (χ3v) is 6.58. The maximum absolute atomic E-state index is 12.7. The van der Waals surface area contributed by atoms with Crippen molar-refractivity contribution in [3.63, 3.8) is 0 Å². The number of ether oxygens (including phenoxy) is 1. The molecular weight excluding hydrogens is 396 g/mol. The second kappa shape index (κ2) is 6.79. The number of H-pyrrole nitrogens is 1. The van der Waals surface area contributed by atoms with Crippen LogP contribution in [0, 0.1) is 0 Å². The number of nitrogens with one attached hydrogen (secondary N) is 1. The highest BCUT2D eigenvalue weighted by Gasteiger charge is 2.21. The summed E-state index contributed by atoms with van der Waals surface area (Å²) < 4.78 is 11.2. The number of halogens is 1. The zero-order chi connectivity index (χ0) is 19.3. The Labute approximate surface area is 169 Å². The fourth-order valence-corrected chi connectivity index (χ4v) is 5.24. The standard InChI is InChI=1S/C21H17ClN2O3S/c1-26-15-7-6-11(10-13(15)22)14-8-9-16(27-14)19-23-20(25)18-12-4-2-3-5-17(12)28-21(18)24-19/h6-10H,2-5H2,1H3,(H,23,24,25). The van der Waals surface area contributed by atoms with Crippen molar-refractivity contribution in [1.82, 2.24) is 9.97 Å². The monoisotopic (exact) mass is 412 g/mol. The number of rotatable bonds is 3. The average molecular weight is 413 g/mol. The Kier molecular flexibility index (Phi) is 4.25. The van der Waals surface area contributed by atoms with Crippen LogP contribution in [-0.4, -0.2) is 17.1 Å². The lowest BCUT2D eigenvalue weighted by Crippen LogP contribution is -2.11. The van der Waals surface area contributed by atoms with Gasteiger partial charge in [0.2, 0.25) is 0 Å². The maximum Gasteiger partial charge on any atom is 0.260 e. The minimum absolute atomic E-state index is 0.0927. The lowest BCUT2D eigenvalue weighted by atomic mass is 9.97. The Hall–Kier alpha value is -2.57. The molecule has 5 nitrogen and oxygen atoms in total. The summed E-state index contributed by atoms with van der Waals surface area (Å²) in [5.41, 5.74) is 1.91. The number of benzene rings is 1. The van der Waals surface area contributed by atoms with E-state index in [0.717, 1.165) is 35.0 Å². The Morgan fingerprint density at radius 1 is 1.18 bits per heavy atom.